The van der Waals surface area contributed by atoms with Crippen LogP contribution in [0.4, 0.5) is 5.69 Å². The highest BCUT2D eigenvalue weighted by Crippen LogP contribution is 2.25. The van der Waals surface area contributed by atoms with Crippen molar-refractivity contribution in [2.75, 3.05) is 11.4 Å². The van der Waals surface area contributed by atoms with Crippen LogP contribution in [0, 0.1) is 5.92 Å². The maximum absolute atomic E-state index is 12.2. The lowest BCUT2D eigenvalue weighted by Crippen LogP contribution is -2.30. The second kappa shape index (κ2) is 7.68. The molecule has 2 aromatic carbocycles. The largest absolute Gasteiger partial charge is 0.312 e. The third kappa shape index (κ3) is 4.18. The van der Waals surface area contributed by atoms with Gasteiger partial charge in [0.05, 0.1) is 22.2 Å². The summed E-state index contributed by atoms with van der Waals surface area (Å²) in [5.41, 5.74) is 3.98. The number of anilines is 1. The van der Waals surface area contributed by atoms with E-state index < -0.39 is 5.92 Å². The number of halogens is 2. The summed E-state index contributed by atoms with van der Waals surface area (Å²) >= 11 is 11.8. The Labute approximate surface area is 155 Å². The minimum absolute atomic E-state index is 0.0696. The number of hydrogen-bond donors (Lipinski definition) is 1. The number of carbonyl (C=O) groups excluding carboxylic acids is 2. The van der Waals surface area contributed by atoms with Crippen LogP contribution in [0.3, 0.4) is 0 Å². The Morgan fingerprint density at radius 3 is 2.64 bits per heavy atom. The molecule has 1 saturated heterocycles. The molecule has 1 aliphatic heterocycles. The molecule has 2 aromatic rings. The van der Waals surface area contributed by atoms with Crippen molar-refractivity contribution in [2.24, 2.45) is 11.0 Å². The number of benzene rings is 2. The van der Waals surface area contributed by atoms with E-state index in [1.807, 2.05) is 30.3 Å². The van der Waals surface area contributed by atoms with Crippen LogP contribution in [0.15, 0.2) is 53.6 Å². The highest BCUT2D eigenvalue weighted by Gasteiger charge is 2.34. The average molecular weight is 376 g/mol. The van der Waals surface area contributed by atoms with E-state index in [2.05, 4.69) is 10.5 Å². The van der Waals surface area contributed by atoms with Gasteiger partial charge in [0.25, 0.3) is 0 Å². The Morgan fingerprint density at radius 2 is 1.92 bits per heavy atom. The molecule has 0 unspecified atom stereocenters. The Balaban J connectivity index is 1.59. The molecule has 5 nitrogen and oxygen atoms in total. The number of nitrogens with one attached hydrogen (secondary N) is 1. The summed E-state index contributed by atoms with van der Waals surface area (Å²) in [6, 6.07) is 14.3. The van der Waals surface area contributed by atoms with Crippen LogP contribution in [0.25, 0.3) is 0 Å². The molecule has 1 fully saturated rings. The molecule has 1 aliphatic rings. The predicted octanol–water partition coefficient (Wildman–Crippen LogP) is 3.50. The number of amides is 2. The van der Waals surface area contributed by atoms with E-state index in [-0.39, 0.29) is 18.2 Å². The molecule has 128 valence electrons. The van der Waals surface area contributed by atoms with E-state index in [0.29, 0.717) is 22.2 Å². The van der Waals surface area contributed by atoms with Crippen LogP contribution in [0.2, 0.25) is 10.0 Å². The molecule has 7 heteroatoms. The van der Waals surface area contributed by atoms with Crippen molar-refractivity contribution in [2.45, 2.75) is 6.42 Å². The zero-order valence-corrected chi connectivity index (χ0v) is 14.7. The summed E-state index contributed by atoms with van der Waals surface area (Å²) in [6.45, 7) is 0.344. The van der Waals surface area contributed by atoms with Gasteiger partial charge in [-0.1, -0.05) is 47.5 Å². The van der Waals surface area contributed by atoms with Crippen LogP contribution in [-0.2, 0) is 9.59 Å². The molecule has 0 radical (unpaired) electrons. The van der Waals surface area contributed by atoms with Gasteiger partial charge in [-0.25, -0.2) is 5.43 Å². The zero-order chi connectivity index (χ0) is 17.8. The number of rotatable bonds is 4. The fraction of sp³-hybridized carbons (Fsp3) is 0.167. The molecule has 0 bridgehead atoms. The standard InChI is InChI=1S/C18H15Cl2N3O2/c19-15-7-6-12(8-16(15)20)10-21-22-18(25)13-9-17(24)23(11-13)14-4-2-1-3-5-14/h1-8,10,13H,9,11H2,(H,22,25)/t13-/m0/s1. The Kier molecular flexibility index (Phi) is 5.36. The van der Waals surface area contributed by atoms with Crippen LogP contribution in [0.1, 0.15) is 12.0 Å². The summed E-state index contributed by atoms with van der Waals surface area (Å²) in [4.78, 5) is 26.0. The van der Waals surface area contributed by atoms with Gasteiger partial charge in [0.15, 0.2) is 0 Å². The predicted molar refractivity (Wildman–Crippen MR) is 99.1 cm³/mol. The molecular formula is C18H15Cl2N3O2. The van der Waals surface area contributed by atoms with Crippen molar-refractivity contribution < 1.29 is 9.59 Å². The average Bonchev–Trinajstić information content (AvgIpc) is 3.01. The number of hydrazone groups is 1. The topological polar surface area (TPSA) is 61.8 Å². The Hall–Kier alpha value is -2.37. The fourth-order valence-corrected chi connectivity index (χ4v) is 2.90. The minimum Gasteiger partial charge on any atom is -0.312 e. The van der Waals surface area contributed by atoms with E-state index in [4.69, 9.17) is 23.2 Å². The van der Waals surface area contributed by atoms with Crippen molar-refractivity contribution in [1.82, 2.24) is 5.43 Å². The molecule has 1 N–H and O–H groups in total. The Bertz CT molecular complexity index is 824. The van der Waals surface area contributed by atoms with Gasteiger partial charge in [0, 0.05) is 18.7 Å². The van der Waals surface area contributed by atoms with E-state index in [1.165, 1.54) is 6.21 Å². The molecule has 1 atom stereocenters. The summed E-state index contributed by atoms with van der Waals surface area (Å²) in [7, 11) is 0. The molecule has 0 aliphatic carbocycles. The normalized spacial score (nSPS) is 17.3. The lowest BCUT2D eigenvalue weighted by Gasteiger charge is -2.16. The van der Waals surface area contributed by atoms with Crippen molar-refractivity contribution in [3.63, 3.8) is 0 Å². The van der Waals surface area contributed by atoms with Crippen molar-refractivity contribution in [1.29, 1.82) is 0 Å². The molecular weight excluding hydrogens is 361 g/mol. The van der Waals surface area contributed by atoms with E-state index in [1.54, 1.807) is 23.1 Å². The summed E-state index contributed by atoms with van der Waals surface area (Å²) in [5, 5.41) is 4.79. The smallest absolute Gasteiger partial charge is 0.245 e. The lowest BCUT2D eigenvalue weighted by molar-refractivity contribution is -0.126. The first kappa shape index (κ1) is 17.5. The molecule has 0 saturated carbocycles. The van der Waals surface area contributed by atoms with E-state index in [0.717, 1.165) is 5.69 Å². The zero-order valence-electron chi connectivity index (χ0n) is 13.2. The van der Waals surface area contributed by atoms with Gasteiger partial charge >= 0.3 is 0 Å². The number of para-hydroxylation sites is 1. The third-order valence-electron chi connectivity index (χ3n) is 3.90. The lowest BCUT2D eigenvalue weighted by atomic mass is 10.1. The van der Waals surface area contributed by atoms with Crippen molar-refractivity contribution in [3.05, 3.63) is 64.1 Å². The van der Waals surface area contributed by atoms with Gasteiger partial charge in [-0.3, -0.25) is 9.59 Å². The van der Waals surface area contributed by atoms with E-state index in [9.17, 15) is 9.59 Å². The SMILES string of the molecule is O=C(NN=Cc1ccc(Cl)c(Cl)c1)[C@H]1CC(=O)N(c2ccccc2)C1. The molecule has 0 spiro atoms. The molecule has 0 aromatic heterocycles. The summed E-state index contributed by atoms with van der Waals surface area (Å²) in [5.74, 6) is -0.790. The molecule has 3 rings (SSSR count). The second-order valence-corrected chi connectivity index (χ2v) is 6.46. The molecule has 2 amide bonds. The first-order chi connectivity index (χ1) is 12.0. The monoisotopic (exact) mass is 375 g/mol. The highest BCUT2D eigenvalue weighted by atomic mass is 35.5. The van der Waals surface area contributed by atoms with Gasteiger partial charge in [-0.15, -0.1) is 0 Å². The Morgan fingerprint density at radius 1 is 1.16 bits per heavy atom. The van der Waals surface area contributed by atoms with Crippen LogP contribution < -0.4 is 10.3 Å². The quantitative estimate of drug-likeness (QED) is 0.656. The van der Waals surface area contributed by atoms with Gasteiger partial charge in [0.2, 0.25) is 11.8 Å². The third-order valence-corrected chi connectivity index (χ3v) is 4.63. The number of carbonyl (C=O) groups is 2. The van der Waals surface area contributed by atoms with Gasteiger partial charge in [-0.05, 0) is 29.8 Å². The fourth-order valence-electron chi connectivity index (χ4n) is 2.60. The first-order valence-electron chi connectivity index (χ1n) is 7.68. The van der Waals surface area contributed by atoms with Gasteiger partial charge in [-0.2, -0.15) is 5.10 Å². The second-order valence-electron chi connectivity index (χ2n) is 5.65. The highest BCUT2D eigenvalue weighted by molar-refractivity contribution is 6.42. The summed E-state index contributed by atoms with van der Waals surface area (Å²) in [6.07, 6.45) is 1.65. The van der Waals surface area contributed by atoms with Crippen molar-refractivity contribution >= 4 is 46.9 Å². The number of hydrogen-bond acceptors (Lipinski definition) is 3. The van der Waals surface area contributed by atoms with Gasteiger partial charge in [0.1, 0.15) is 0 Å². The van der Waals surface area contributed by atoms with E-state index >= 15 is 0 Å². The van der Waals surface area contributed by atoms with Crippen LogP contribution in [0.5, 0.6) is 0 Å². The van der Waals surface area contributed by atoms with Crippen LogP contribution >= 0.6 is 23.2 Å². The van der Waals surface area contributed by atoms with Crippen molar-refractivity contribution in [3.8, 4) is 0 Å². The number of nitrogens with zero attached hydrogens (tertiary/aromatic N) is 2. The maximum atomic E-state index is 12.2. The first-order valence-corrected chi connectivity index (χ1v) is 8.43. The minimum atomic E-state index is -0.432. The van der Waals surface area contributed by atoms with Crippen LogP contribution in [-0.4, -0.2) is 24.6 Å². The molecule has 25 heavy (non-hydrogen) atoms. The summed E-state index contributed by atoms with van der Waals surface area (Å²) < 4.78 is 0. The maximum Gasteiger partial charge on any atom is 0.245 e. The van der Waals surface area contributed by atoms with Gasteiger partial charge < -0.3 is 4.90 Å². The molecule has 1 heterocycles.